The summed E-state index contributed by atoms with van der Waals surface area (Å²) in [7, 11) is 2.11. The molecule has 0 fully saturated rings. The lowest BCUT2D eigenvalue weighted by Crippen LogP contribution is -2.29. The number of hydrogen-bond acceptors (Lipinski definition) is 2. The molecule has 0 amide bonds. The Morgan fingerprint density at radius 1 is 1.33 bits per heavy atom. The van der Waals surface area contributed by atoms with E-state index in [1.165, 1.54) is 5.56 Å². The zero-order valence-electron chi connectivity index (χ0n) is 9.41. The number of rotatable bonds is 5. The summed E-state index contributed by atoms with van der Waals surface area (Å²) in [5, 5.41) is 0.787. The third kappa shape index (κ3) is 3.49. The van der Waals surface area contributed by atoms with Gasteiger partial charge < -0.3 is 5.73 Å². The highest BCUT2D eigenvalue weighted by atomic mass is 35.5. The lowest BCUT2D eigenvalue weighted by Gasteiger charge is -2.27. The average molecular weight is 227 g/mol. The minimum atomic E-state index is 0.436. The molecular weight excluding hydrogens is 208 g/mol. The molecule has 0 aliphatic carbocycles. The first-order chi connectivity index (χ1) is 7.19. The second-order valence-corrected chi connectivity index (χ2v) is 4.18. The maximum absolute atomic E-state index is 5.87. The SMILES string of the molecule is CCC(c1ccc(Cl)cc1)N(C)CCN. The lowest BCUT2D eigenvalue weighted by atomic mass is 10.0. The minimum Gasteiger partial charge on any atom is -0.329 e. The molecule has 1 aromatic carbocycles. The van der Waals surface area contributed by atoms with E-state index in [1.807, 2.05) is 12.1 Å². The van der Waals surface area contributed by atoms with Gasteiger partial charge in [0.05, 0.1) is 0 Å². The molecule has 0 spiro atoms. The first-order valence-corrected chi connectivity index (χ1v) is 5.72. The van der Waals surface area contributed by atoms with Gasteiger partial charge in [-0.15, -0.1) is 0 Å². The van der Waals surface area contributed by atoms with Crippen LogP contribution in [-0.2, 0) is 0 Å². The zero-order valence-corrected chi connectivity index (χ0v) is 10.2. The summed E-state index contributed by atoms with van der Waals surface area (Å²) in [5.74, 6) is 0. The molecule has 0 aliphatic rings. The molecule has 15 heavy (non-hydrogen) atoms. The summed E-state index contributed by atoms with van der Waals surface area (Å²) >= 11 is 5.87. The van der Waals surface area contributed by atoms with E-state index in [0.717, 1.165) is 18.0 Å². The summed E-state index contributed by atoms with van der Waals surface area (Å²) in [6, 6.07) is 8.49. The van der Waals surface area contributed by atoms with Gasteiger partial charge in [-0.05, 0) is 31.2 Å². The summed E-state index contributed by atoms with van der Waals surface area (Å²) in [6.07, 6.45) is 1.08. The van der Waals surface area contributed by atoms with Gasteiger partial charge in [0.15, 0.2) is 0 Å². The monoisotopic (exact) mass is 226 g/mol. The van der Waals surface area contributed by atoms with Crippen LogP contribution in [0.25, 0.3) is 0 Å². The molecule has 0 radical (unpaired) electrons. The molecule has 0 aliphatic heterocycles. The second kappa shape index (κ2) is 6.11. The van der Waals surface area contributed by atoms with Crippen LogP contribution in [0.2, 0.25) is 5.02 Å². The average Bonchev–Trinajstić information content (AvgIpc) is 2.22. The summed E-state index contributed by atoms with van der Waals surface area (Å²) < 4.78 is 0. The Balaban J connectivity index is 2.77. The molecule has 1 unspecified atom stereocenters. The van der Waals surface area contributed by atoms with E-state index in [-0.39, 0.29) is 0 Å². The van der Waals surface area contributed by atoms with E-state index in [4.69, 9.17) is 17.3 Å². The molecule has 0 saturated heterocycles. The summed E-state index contributed by atoms with van der Waals surface area (Å²) in [5.41, 5.74) is 6.86. The quantitative estimate of drug-likeness (QED) is 0.837. The van der Waals surface area contributed by atoms with Crippen LogP contribution in [0.15, 0.2) is 24.3 Å². The fraction of sp³-hybridized carbons (Fsp3) is 0.500. The van der Waals surface area contributed by atoms with E-state index < -0.39 is 0 Å². The van der Waals surface area contributed by atoms with Crippen molar-refractivity contribution < 1.29 is 0 Å². The van der Waals surface area contributed by atoms with Crippen LogP contribution < -0.4 is 5.73 Å². The Morgan fingerprint density at radius 2 is 1.93 bits per heavy atom. The van der Waals surface area contributed by atoms with Crippen LogP contribution in [0.4, 0.5) is 0 Å². The number of hydrogen-bond donors (Lipinski definition) is 1. The highest BCUT2D eigenvalue weighted by molar-refractivity contribution is 6.30. The third-order valence-corrected chi connectivity index (χ3v) is 2.91. The van der Waals surface area contributed by atoms with Crippen LogP contribution in [0.5, 0.6) is 0 Å². The van der Waals surface area contributed by atoms with Gasteiger partial charge >= 0.3 is 0 Å². The number of benzene rings is 1. The molecule has 84 valence electrons. The van der Waals surface area contributed by atoms with Gasteiger partial charge in [-0.25, -0.2) is 0 Å². The van der Waals surface area contributed by atoms with Gasteiger partial charge in [0, 0.05) is 24.2 Å². The zero-order chi connectivity index (χ0) is 11.3. The van der Waals surface area contributed by atoms with Crippen molar-refractivity contribution in [3.63, 3.8) is 0 Å². The van der Waals surface area contributed by atoms with Crippen LogP contribution in [0, 0.1) is 0 Å². The Morgan fingerprint density at radius 3 is 2.40 bits per heavy atom. The standard InChI is InChI=1S/C12H19ClN2/c1-3-12(15(2)9-8-14)10-4-6-11(13)7-5-10/h4-7,12H,3,8-9,14H2,1-2H3. The van der Waals surface area contributed by atoms with Crippen LogP contribution in [-0.4, -0.2) is 25.0 Å². The first kappa shape index (κ1) is 12.5. The Hall–Kier alpha value is -0.570. The van der Waals surface area contributed by atoms with Crippen molar-refractivity contribution in [1.82, 2.24) is 4.90 Å². The molecule has 3 heteroatoms. The van der Waals surface area contributed by atoms with Crippen LogP contribution >= 0.6 is 11.6 Å². The Kier molecular flexibility index (Phi) is 5.09. The molecule has 1 rings (SSSR count). The van der Waals surface area contributed by atoms with E-state index in [0.29, 0.717) is 12.6 Å². The fourth-order valence-electron chi connectivity index (χ4n) is 1.85. The third-order valence-electron chi connectivity index (χ3n) is 2.66. The Labute approximate surface area is 97.0 Å². The van der Waals surface area contributed by atoms with Crippen molar-refractivity contribution in [2.75, 3.05) is 20.1 Å². The van der Waals surface area contributed by atoms with Crippen molar-refractivity contribution in [1.29, 1.82) is 0 Å². The molecule has 0 bridgehead atoms. The molecular formula is C12H19ClN2. The summed E-state index contributed by atoms with van der Waals surface area (Å²) in [4.78, 5) is 2.28. The number of nitrogens with zero attached hydrogens (tertiary/aromatic N) is 1. The van der Waals surface area contributed by atoms with E-state index in [1.54, 1.807) is 0 Å². The maximum atomic E-state index is 5.87. The molecule has 2 nitrogen and oxygen atoms in total. The van der Waals surface area contributed by atoms with Gasteiger partial charge in [0.2, 0.25) is 0 Å². The number of nitrogens with two attached hydrogens (primary N) is 1. The second-order valence-electron chi connectivity index (χ2n) is 3.74. The number of halogens is 1. The number of likely N-dealkylation sites (N-methyl/N-ethyl adjacent to an activating group) is 1. The minimum absolute atomic E-state index is 0.436. The fourth-order valence-corrected chi connectivity index (χ4v) is 1.97. The smallest absolute Gasteiger partial charge is 0.0406 e. The van der Waals surface area contributed by atoms with Crippen LogP contribution in [0.3, 0.4) is 0 Å². The van der Waals surface area contributed by atoms with Gasteiger partial charge in [-0.2, -0.15) is 0 Å². The van der Waals surface area contributed by atoms with Crippen LogP contribution in [0.1, 0.15) is 24.9 Å². The normalized spacial score (nSPS) is 13.1. The van der Waals surface area contributed by atoms with Crippen molar-refractivity contribution in [3.8, 4) is 0 Å². The highest BCUT2D eigenvalue weighted by Crippen LogP contribution is 2.23. The van der Waals surface area contributed by atoms with Crippen molar-refractivity contribution >= 4 is 11.6 Å². The van der Waals surface area contributed by atoms with Crippen molar-refractivity contribution in [2.24, 2.45) is 5.73 Å². The van der Waals surface area contributed by atoms with Crippen molar-refractivity contribution in [2.45, 2.75) is 19.4 Å². The van der Waals surface area contributed by atoms with Gasteiger partial charge in [-0.1, -0.05) is 30.7 Å². The Bertz CT molecular complexity index is 284. The van der Waals surface area contributed by atoms with Gasteiger partial charge in [0.1, 0.15) is 0 Å². The highest BCUT2D eigenvalue weighted by Gasteiger charge is 2.13. The van der Waals surface area contributed by atoms with E-state index >= 15 is 0 Å². The molecule has 2 N–H and O–H groups in total. The first-order valence-electron chi connectivity index (χ1n) is 5.34. The topological polar surface area (TPSA) is 29.3 Å². The molecule has 1 aromatic rings. The maximum Gasteiger partial charge on any atom is 0.0406 e. The van der Waals surface area contributed by atoms with E-state index in [2.05, 4.69) is 31.0 Å². The molecule has 0 aromatic heterocycles. The largest absolute Gasteiger partial charge is 0.329 e. The summed E-state index contributed by atoms with van der Waals surface area (Å²) in [6.45, 7) is 3.80. The molecule has 1 atom stereocenters. The van der Waals surface area contributed by atoms with E-state index in [9.17, 15) is 0 Å². The molecule has 0 saturated carbocycles. The van der Waals surface area contributed by atoms with Gasteiger partial charge in [0.25, 0.3) is 0 Å². The predicted octanol–water partition coefficient (Wildman–Crippen LogP) is 2.68. The predicted molar refractivity (Wildman–Crippen MR) is 66.2 cm³/mol. The van der Waals surface area contributed by atoms with Crippen molar-refractivity contribution in [3.05, 3.63) is 34.9 Å². The van der Waals surface area contributed by atoms with Gasteiger partial charge in [-0.3, -0.25) is 4.90 Å². The molecule has 0 heterocycles. The lowest BCUT2D eigenvalue weighted by molar-refractivity contribution is 0.245.